The second-order valence-electron chi connectivity index (χ2n) is 4.58. The fourth-order valence-electron chi connectivity index (χ4n) is 1.96. The Bertz CT molecular complexity index is 565. The largest absolute Gasteiger partial charge is 0.389 e. The van der Waals surface area contributed by atoms with E-state index >= 15 is 0 Å². The zero-order valence-electron chi connectivity index (χ0n) is 10.8. The number of alkyl halides is 3. The van der Waals surface area contributed by atoms with Crippen LogP contribution < -0.4 is 5.32 Å². The molecule has 0 atom stereocenters. The molecule has 0 aliphatic rings. The van der Waals surface area contributed by atoms with E-state index in [4.69, 9.17) is 11.6 Å². The molecule has 2 rings (SSSR count). The molecule has 2 aromatic rings. The van der Waals surface area contributed by atoms with Crippen LogP contribution in [0.5, 0.6) is 0 Å². The Morgan fingerprint density at radius 3 is 2.60 bits per heavy atom. The summed E-state index contributed by atoms with van der Waals surface area (Å²) in [5.74, 6) is 0. The molecule has 1 nitrogen and oxygen atoms in total. The van der Waals surface area contributed by atoms with E-state index in [-0.39, 0.29) is 6.42 Å². The van der Waals surface area contributed by atoms with E-state index in [1.807, 2.05) is 24.3 Å². The summed E-state index contributed by atoms with van der Waals surface area (Å²) >= 11 is 7.90. The number of rotatable bonds is 6. The van der Waals surface area contributed by atoms with Gasteiger partial charge in [-0.1, -0.05) is 29.8 Å². The van der Waals surface area contributed by atoms with Gasteiger partial charge in [0.1, 0.15) is 0 Å². The molecular weight excluding hydrogens is 307 g/mol. The lowest BCUT2D eigenvalue weighted by Crippen LogP contribution is -2.15. The number of nitrogens with one attached hydrogen (secondary N) is 1. The van der Waals surface area contributed by atoms with Crippen LogP contribution in [0.4, 0.5) is 13.2 Å². The van der Waals surface area contributed by atoms with Gasteiger partial charge in [0.15, 0.2) is 0 Å². The molecule has 0 amide bonds. The Balaban J connectivity index is 1.77. The Kier molecular flexibility index (Phi) is 5.29. The first-order valence-electron chi connectivity index (χ1n) is 6.41. The fourth-order valence-corrected chi connectivity index (χ4v) is 3.43. The van der Waals surface area contributed by atoms with Crippen molar-refractivity contribution in [3.05, 3.63) is 34.2 Å². The highest BCUT2D eigenvalue weighted by Gasteiger charge is 2.25. The van der Waals surface area contributed by atoms with Gasteiger partial charge in [-0.25, -0.2) is 0 Å². The third kappa shape index (κ3) is 4.36. The van der Waals surface area contributed by atoms with E-state index in [2.05, 4.69) is 5.32 Å². The highest BCUT2D eigenvalue weighted by Crippen LogP contribution is 2.34. The summed E-state index contributed by atoms with van der Waals surface area (Å²) in [6, 6.07) is 7.89. The highest BCUT2D eigenvalue weighted by molar-refractivity contribution is 7.19. The van der Waals surface area contributed by atoms with Crippen LogP contribution in [-0.2, 0) is 6.54 Å². The summed E-state index contributed by atoms with van der Waals surface area (Å²) in [5.41, 5.74) is 0. The lowest BCUT2D eigenvalue weighted by atomic mass is 10.2. The summed E-state index contributed by atoms with van der Waals surface area (Å²) in [5, 5.41) is 4.93. The van der Waals surface area contributed by atoms with Crippen molar-refractivity contribution >= 4 is 33.0 Å². The number of thiophene rings is 1. The molecule has 0 spiro atoms. The molecule has 1 aromatic carbocycles. The molecule has 0 saturated carbocycles. The second-order valence-corrected chi connectivity index (χ2v) is 6.10. The van der Waals surface area contributed by atoms with E-state index in [1.54, 1.807) is 11.3 Å². The SMILES string of the molecule is FC(F)(F)CCCCNCc1sc2ccccc2c1Cl. The summed E-state index contributed by atoms with van der Waals surface area (Å²) in [7, 11) is 0. The maximum atomic E-state index is 12.0. The zero-order chi connectivity index (χ0) is 14.6. The van der Waals surface area contributed by atoms with E-state index in [0.717, 1.165) is 20.0 Å². The first kappa shape index (κ1) is 15.6. The molecule has 0 unspecified atom stereocenters. The van der Waals surface area contributed by atoms with E-state index in [1.165, 1.54) is 0 Å². The molecule has 1 N–H and O–H groups in total. The van der Waals surface area contributed by atoms with Crippen molar-refractivity contribution in [1.29, 1.82) is 0 Å². The topological polar surface area (TPSA) is 12.0 Å². The normalized spacial score (nSPS) is 12.2. The fraction of sp³-hybridized carbons (Fsp3) is 0.429. The van der Waals surface area contributed by atoms with E-state index < -0.39 is 12.6 Å². The molecule has 20 heavy (non-hydrogen) atoms. The third-order valence-electron chi connectivity index (χ3n) is 2.95. The summed E-state index contributed by atoms with van der Waals surface area (Å²) in [6.07, 6.45) is -4.08. The van der Waals surface area contributed by atoms with Crippen LogP contribution in [0.3, 0.4) is 0 Å². The smallest absolute Gasteiger partial charge is 0.312 e. The molecule has 0 aliphatic carbocycles. The summed E-state index contributed by atoms with van der Waals surface area (Å²) in [4.78, 5) is 1.03. The predicted octanol–water partition coefficient (Wildman–Crippen LogP) is 5.38. The predicted molar refractivity (Wildman–Crippen MR) is 78.4 cm³/mol. The molecule has 6 heteroatoms. The number of benzene rings is 1. The Hall–Kier alpha value is -0.780. The lowest BCUT2D eigenvalue weighted by Gasteiger charge is -2.06. The molecule has 0 bridgehead atoms. The number of fused-ring (bicyclic) bond motifs is 1. The quantitative estimate of drug-likeness (QED) is 0.705. The van der Waals surface area contributed by atoms with Gasteiger partial charge in [0.2, 0.25) is 0 Å². The average molecular weight is 322 g/mol. The first-order valence-corrected chi connectivity index (χ1v) is 7.60. The zero-order valence-corrected chi connectivity index (χ0v) is 12.3. The molecule has 0 saturated heterocycles. The maximum absolute atomic E-state index is 12.0. The van der Waals surface area contributed by atoms with E-state index in [0.29, 0.717) is 19.5 Å². The molecule has 1 aromatic heterocycles. The van der Waals surface area contributed by atoms with Crippen LogP contribution in [-0.4, -0.2) is 12.7 Å². The van der Waals surface area contributed by atoms with Crippen molar-refractivity contribution in [2.75, 3.05) is 6.54 Å². The standard InChI is InChI=1S/C14H15ClF3NS/c15-13-10-5-1-2-6-11(10)20-12(13)9-19-8-4-3-7-14(16,17)18/h1-2,5-6,19H,3-4,7-9H2. The highest BCUT2D eigenvalue weighted by atomic mass is 35.5. The third-order valence-corrected chi connectivity index (χ3v) is 4.67. The lowest BCUT2D eigenvalue weighted by molar-refractivity contribution is -0.135. The van der Waals surface area contributed by atoms with Crippen LogP contribution >= 0.6 is 22.9 Å². The van der Waals surface area contributed by atoms with Gasteiger partial charge < -0.3 is 5.32 Å². The summed E-state index contributed by atoms with van der Waals surface area (Å²) in [6.45, 7) is 1.17. The van der Waals surface area contributed by atoms with E-state index in [9.17, 15) is 13.2 Å². The van der Waals surface area contributed by atoms with Gasteiger partial charge in [0.05, 0.1) is 5.02 Å². The second kappa shape index (κ2) is 6.78. The van der Waals surface area contributed by atoms with Gasteiger partial charge in [-0.05, 0) is 25.5 Å². The van der Waals surface area contributed by atoms with Gasteiger partial charge in [-0.15, -0.1) is 11.3 Å². The van der Waals surface area contributed by atoms with Crippen LogP contribution in [0.1, 0.15) is 24.1 Å². The molecular formula is C14H15ClF3NS. The average Bonchev–Trinajstić information content (AvgIpc) is 2.70. The van der Waals surface area contributed by atoms with Crippen LogP contribution in [0.25, 0.3) is 10.1 Å². The van der Waals surface area contributed by atoms with Crippen molar-refractivity contribution in [3.8, 4) is 0 Å². The van der Waals surface area contributed by atoms with Crippen LogP contribution in [0, 0.1) is 0 Å². The number of halogens is 4. The molecule has 1 heterocycles. The Morgan fingerprint density at radius 2 is 1.90 bits per heavy atom. The monoisotopic (exact) mass is 321 g/mol. The molecule has 0 aliphatic heterocycles. The number of hydrogen-bond acceptors (Lipinski definition) is 2. The van der Waals surface area contributed by atoms with Crippen LogP contribution in [0.15, 0.2) is 24.3 Å². The number of unbranched alkanes of at least 4 members (excludes halogenated alkanes) is 1. The molecule has 0 fully saturated rings. The van der Waals surface area contributed by atoms with Gasteiger partial charge in [0, 0.05) is 27.9 Å². The van der Waals surface area contributed by atoms with Crippen molar-refractivity contribution in [2.24, 2.45) is 0 Å². The van der Waals surface area contributed by atoms with Gasteiger partial charge >= 0.3 is 6.18 Å². The summed E-state index contributed by atoms with van der Waals surface area (Å²) < 4.78 is 37.0. The Morgan fingerprint density at radius 1 is 1.15 bits per heavy atom. The van der Waals surface area contributed by atoms with Gasteiger partial charge in [-0.2, -0.15) is 13.2 Å². The maximum Gasteiger partial charge on any atom is 0.389 e. The molecule has 0 radical (unpaired) electrons. The van der Waals surface area contributed by atoms with Gasteiger partial charge in [0.25, 0.3) is 0 Å². The first-order chi connectivity index (χ1) is 9.47. The van der Waals surface area contributed by atoms with Gasteiger partial charge in [-0.3, -0.25) is 0 Å². The minimum atomic E-state index is -4.05. The number of hydrogen-bond donors (Lipinski definition) is 1. The van der Waals surface area contributed by atoms with Crippen molar-refractivity contribution in [2.45, 2.75) is 32.0 Å². The Labute approximate surface area is 124 Å². The minimum Gasteiger partial charge on any atom is -0.312 e. The van der Waals surface area contributed by atoms with Crippen molar-refractivity contribution in [3.63, 3.8) is 0 Å². The minimum absolute atomic E-state index is 0.163. The molecule has 110 valence electrons. The van der Waals surface area contributed by atoms with Crippen molar-refractivity contribution in [1.82, 2.24) is 5.32 Å². The van der Waals surface area contributed by atoms with Crippen molar-refractivity contribution < 1.29 is 13.2 Å². The van der Waals surface area contributed by atoms with Crippen LogP contribution in [0.2, 0.25) is 5.02 Å².